The number of ether oxygens (including phenoxy) is 2. The van der Waals surface area contributed by atoms with E-state index in [0.29, 0.717) is 28.6 Å². The molecule has 3 aromatic carbocycles. The number of aliphatic hydroxyl groups excluding tert-OH is 1. The lowest BCUT2D eigenvalue weighted by Gasteiger charge is -2.46. The van der Waals surface area contributed by atoms with E-state index in [0.717, 1.165) is 32.6 Å². The van der Waals surface area contributed by atoms with E-state index in [-0.39, 0.29) is 12.2 Å². The monoisotopic (exact) mass is 485 g/mol. The Morgan fingerprint density at radius 1 is 1.06 bits per heavy atom. The topological polar surface area (TPSA) is 118 Å². The van der Waals surface area contributed by atoms with Gasteiger partial charge in [-0.1, -0.05) is 36.4 Å². The first-order valence-electron chi connectivity index (χ1n) is 12.1. The van der Waals surface area contributed by atoms with E-state index >= 15 is 0 Å². The number of Topliss-reactive ketones (excluding diaryl/α,β-unsaturated/α-hetero) is 1. The zero-order chi connectivity index (χ0) is 24.5. The normalized spacial score (nSPS) is 29.2. The highest BCUT2D eigenvalue weighted by Gasteiger charge is 2.55. The number of aromatic nitrogens is 2. The van der Waals surface area contributed by atoms with Gasteiger partial charge in [0.2, 0.25) is 0 Å². The standard InChI is InChI=1S/C27H23N3O6/c1-35-26-14(28-34)10-19-29-15-8-4-2-6-12(15)20-22-17(31)11-18(32)23(22)21-13-7-3-5-9-16(13)30(25(21)24(20)29)27(26,33)36-19/h2-9,14,18-19,26,28,32-34H,10-11H2,1H3/t14-,18?,19-,26-,27+/m1/s1. The lowest BCUT2D eigenvalue weighted by atomic mass is 9.96. The zero-order valence-corrected chi connectivity index (χ0v) is 19.3. The van der Waals surface area contributed by atoms with Gasteiger partial charge < -0.3 is 29.5 Å². The maximum atomic E-state index is 13.4. The summed E-state index contributed by atoms with van der Waals surface area (Å²) in [6.45, 7) is 0. The molecule has 0 spiro atoms. The summed E-state index contributed by atoms with van der Waals surface area (Å²) in [7, 11) is 1.47. The molecule has 0 saturated carbocycles. The molecule has 9 nitrogen and oxygen atoms in total. The summed E-state index contributed by atoms with van der Waals surface area (Å²) in [5.41, 5.74) is 6.40. The van der Waals surface area contributed by atoms with Crippen LogP contribution in [0.2, 0.25) is 0 Å². The molecule has 182 valence electrons. The van der Waals surface area contributed by atoms with Crippen LogP contribution < -0.4 is 5.48 Å². The zero-order valence-electron chi connectivity index (χ0n) is 19.3. The molecule has 1 unspecified atom stereocenters. The summed E-state index contributed by atoms with van der Waals surface area (Å²) in [6.07, 6.45) is -2.26. The number of carbonyl (C=O) groups excluding carboxylic acids is 1. The third kappa shape index (κ3) is 2.17. The van der Waals surface area contributed by atoms with Crippen LogP contribution in [0.1, 0.15) is 41.1 Å². The number of rotatable bonds is 2. The van der Waals surface area contributed by atoms with E-state index in [1.165, 1.54) is 7.11 Å². The first-order valence-corrected chi connectivity index (χ1v) is 12.1. The molecule has 0 radical (unpaired) electrons. The number of hydrogen-bond acceptors (Lipinski definition) is 7. The molecular weight excluding hydrogens is 462 g/mol. The average molecular weight is 485 g/mol. The van der Waals surface area contributed by atoms with Gasteiger partial charge in [-0.05, 0) is 12.1 Å². The van der Waals surface area contributed by atoms with Crippen LogP contribution in [0.5, 0.6) is 0 Å². The van der Waals surface area contributed by atoms with Crippen molar-refractivity contribution >= 4 is 49.4 Å². The van der Waals surface area contributed by atoms with Crippen molar-refractivity contribution in [3.63, 3.8) is 0 Å². The Morgan fingerprint density at radius 2 is 1.75 bits per heavy atom. The number of methoxy groups -OCH3 is 1. The molecule has 5 atom stereocenters. The fraction of sp³-hybridized carbons (Fsp3) is 0.296. The maximum Gasteiger partial charge on any atom is 0.284 e. The number of benzene rings is 3. The summed E-state index contributed by atoms with van der Waals surface area (Å²) in [4.78, 5) is 13.4. The minimum atomic E-state index is -1.99. The van der Waals surface area contributed by atoms with Gasteiger partial charge in [0, 0.05) is 52.6 Å². The van der Waals surface area contributed by atoms with E-state index in [1.807, 2.05) is 53.1 Å². The Morgan fingerprint density at radius 3 is 2.47 bits per heavy atom. The number of aliphatic hydroxyl groups is 2. The maximum absolute atomic E-state index is 13.4. The van der Waals surface area contributed by atoms with Crippen molar-refractivity contribution in [2.75, 3.05) is 7.11 Å². The summed E-state index contributed by atoms with van der Waals surface area (Å²) < 4.78 is 16.0. The average Bonchev–Trinajstić information content (AvgIpc) is 3.48. The molecule has 9 heteroatoms. The summed E-state index contributed by atoms with van der Waals surface area (Å²) in [5.74, 6) is -2.09. The van der Waals surface area contributed by atoms with Crippen molar-refractivity contribution in [2.45, 2.75) is 43.2 Å². The van der Waals surface area contributed by atoms with E-state index in [4.69, 9.17) is 9.47 Å². The largest absolute Gasteiger partial charge is 0.388 e. The molecule has 3 aliphatic rings. The Balaban J connectivity index is 1.73. The highest BCUT2D eigenvalue weighted by atomic mass is 16.7. The number of hydrogen-bond donors (Lipinski definition) is 4. The second kappa shape index (κ2) is 6.71. The summed E-state index contributed by atoms with van der Waals surface area (Å²) in [6, 6.07) is 14.7. The van der Waals surface area contributed by atoms with Crippen molar-refractivity contribution in [1.29, 1.82) is 0 Å². The number of nitrogens with one attached hydrogen (secondary N) is 1. The molecule has 36 heavy (non-hydrogen) atoms. The third-order valence-corrected chi connectivity index (χ3v) is 8.32. The lowest BCUT2D eigenvalue weighted by molar-refractivity contribution is -0.372. The van der Waals surface area contributed by atoms with Crippen LogP contribution >= 0.6 is 0 Å². The first-order chi connectivity index (χ1) is 17.5. The highest BCUT2D eigenvalue weighted by Crippen LogP contribution is 2.54. The molecule has 1 fully saturated rings. The van der Waals surface area contributed by atoms with E-state index < -0.39 is 30.4 Å². The van der Waals surface area contributed by atoms with Gasteiger partial charge in [-0.25, -0.2) is 0 Å². The third-order valence-electron chi connectivity index (χ3n) is 8.32. The van der Waals surface area contributed by atoms with Gasteiger partial charge in [-0.15, -0.1) is 0 Å². The minimum absolute atomic E-state index is 0.0178. The quantitative estimate of drug-likeness (QED) is 0.283. The van der Waals surface area contributed by atoms with E-state index in [2.05, 4.69) is 5.48 Å². The molecule has 8 rings (SSSR count). The van der Waals surface area contributed by atoms with Crippen molar-refractivity contribution in [1.82, 2.24) is 14.6 Å². The van der Waals surface area contributed by atoms with Crippen LogP contribution in [-0.4, -0.2) is 49.6 Å². The first kappa shape index (κ1) is 20.8. The van der Waals surface area contributed by atoms with Gasteiger partial charge >= 0.3 is 0 Å². The number of hydroxylamine groups is 1. The fourth-order valence-corrected chi connectivity index (χ4v) is 7.07. The Kier molecular flexibility index (Phi) is 3.88. The van der Waals surface area contributed by atoms with Crippen LogP contribution in [-0.2, 0) is 15.4 Å². The molecule has 1 aliphatic carbocycles. The molecular formula is C27H23N3O6. The van der Waals surface area contributed by atoms with Crippen LogP contribution in [0.15, 0.2) is 48.5 Å². The number of para-hydroxylation sites is 2. The van der Waals surface area contributed by atoms with Gasteiger partial charge in [0.05, 0.1) is 34.2 Å². The minimum Gasteiger partial charge on any atom is -0.388 e. The van der Waals surface area contributed by atoms with E-state index in [1.54, 1.807) is 4.57 Å². The molecule has 5 aromatic rings. The second-order valence-corrected chi connectivity index (χ2v) is 9.98. The van der Waals surface area contributed by atoms with Crippen molar-refractivity contribution in [3.8, 4) is 0 Å². The van der Waals surface area contributed by atoms with Crippen LogP contribution in [0.3, 0.4) is 0 Å². The van der Waals surface area contributed by atoms with E-state index in [9.17, 15) is 20.2 Å². The van der Waals surface area contributed by atoms with Gasteiger partial charge in [0.1, 0.15) is 12.3 Å². The number of carbonyl (C=O) groups is 1. The highest BCUT2D eigenvalue weighted by molar-refractivity contribution is 6.31. The molecule has 2 aromatic heterocycles. The molecule has 4 heterocycles. The molecule has 4 N–H and O–H groups in total. The smallest absolute Gasteiger partial charge is 0.284 e. The summed E-state index contributed by atoms with van der Waals surface area (Å²) in [5, 5.41) is 36.8. The SMILES string of the molecule is CO[C@@H]1[C@H](NO)C[C@H]2O[C@]1(O)n1c3ccccc3c3c4c(c5c6ccccc6n2c5c31)C(=O)CC4O. The fourth-order valence-electron chi connectivity index (χ4n) is 7.07. The van der Waals surface area contributed by atoms with Gasteiger partial charge in [-0.3, -0.25) is 9.36 Å². The molecule has 2 aliphatic heterocycles. The summed E-state index contributed by atoms with van der Waals surface area (Å²) >= 11 is 0. The predicted molar refractivity (Wildman–Crippen MR) is 131 cm³/mol. The molecule has 2 bridgehead atoms. The second-order valence-electron chi connectivity index (χ2n) is 9.98. The van der Waals surface area contributed by atoms with Crippen LogP contribution in [0, 0.1) is 0 Å². The van der Waals surface area contributed by atoms with Crippen molar-refractivity contribution in [2.24, 2.45) is 0 Å². The molecule has 1 saturated heterocycles. The van der Waals surface area contributed by atoms with Crippen LogP contribution in [0.4, 0.5) is 0 Å². The Bertz CT molecular complexity index is 1790. The van der Waals surface area contributed by atoms with Gasteiger partial charge in [-0.2, -0.15) is 5.48 Å². The number of fused-ring (bicyclic) bond motifs is 13. The lowest BCUT2D eigenvalue weighted by Crippen LogP contribution is -2.61. The van der Waals surface area contributed by atoms with Gasteiger partial charge in [0.25, 0.3) is 5.91 Å². The van der Waals surface area contributed by atoms with Crippen molar-refractivity contribution < 1.29 is 29.7 Å². The Labute approximate surface area is 204 Å². The number of nitrogens with zero attached hydrogens (tertiary/aromatic N) is 2. The van der Waals surface area contributed by atoms with Gasteiger partial charge in [0.15, 0.2) is 5.78 Å². The predicted octanol–water partition coefficient (Wildman–Crippen LogP) is 3.42. The Hall–Kier alpha value is -3.31. The van der Waals surface area contributed by atoms with Crippen LogP contribution in [0.25, 0.3) is 43.6 Å². The molecule has 0 amide bonds. The van der Waals surface area contributed by atoms with Crippen molar-refractivity contribution in [3.05, 3.63) is 59.7 Å². The number of ketones is 1.